The molecule has 8 nitrogen and oxygen atoms in total. The number of halogens is 2. The highest BCUT2D eigenvalue weighted by Gasteiger charge is 2.26. The second-order valence-electron chi connectivity index (χ2n) is 8.23. The van der Waals surface area contributed by atoms with Crippen molar-refractivity contribution in [3.8, 4) is 0 Å². The average molecular weight is 449 g/mol. The molecule has 0 radical (unpaired) electrons. The maximum absolute atomic E-state index is 12.8. The van der Waals surface area contributed by atoms with E-state index in [1.165, 1.54) is 0 Å². The Morgan fingerprint density at radius 3 is 2.50 bits per heavy atom. The lowest BCUT2D eigenvalue weighted by Crippen LogP contribution is -2.49. The largest absolute Gasteiger partial charge is 0.339 e. The second kappa shape index (κ2) is 7.59. The number of benzene rings is 1. The highest BCUT2D eigenvalue weighted by molar-refractivity contribution is 6.43. The van der Waals surface area contributed by atoms with E-state index < -0.39 is 0 Å². The number of carbonyl (C=O) groups is 1. The third-order valence-corrected chi connectivity index (χ3v) is 5.93. The Hall–Kier alpha value is -2.58. The van der Waals surface area contributed by atoms with Crippen LogP contribution >= 0.6 is 23.2 Å². The first-order valence-electron chi connectivity index (χ1n) is 9.63. The first kappa shape index (κ1) is 20.7. The normalized spacial score (nSPS) is 15.1. The molecule has 0 bridgehead atoms. The standard InChI is InChI=1S/C20H22Cl2N6O2/c1-20(2,3)28-16-13(11-23-28)17(29)25-19(24-16)27-9-7-26(8-10-27)18(30)12-5-4-6-14(21)15(12)22/h4-6,11H,7-10H2,1-3H3,(H,24,25,29). The Morgan fingerprint density at radius 2 is 1.83 bits per heavy atom. The maximum Gasteiger partial charge on any atom is 0.263 e. The van der Waals surface area contributed by atoms with E-state index in [-0.39, 0.29) is 22.0 Å². The molecule has 1 amide bonds. The molecular formula is C20H22Cl2N6O2. The van der Waals surface area contributed by atoms with Crippen LogP contribution in [0.1, 0.15) is 31.1 Å². The van der Waals surface area contributed by atoms with Crippen LogP contribution in [0, 0.1) is 0 Å². The molecule has 3 heterocycles. The topological polar surface area (TPSA) is 87.1 Å². The predicted octanol–water partition coefficient (Wildman–Crippen LogP) is 3.14. The summed E-state index contributed by atoms with van der Waals surface area (Å²) < 4.78 is 1.75. The highest BCUT2D eigenvalue weighted by atomic mass is 35.5. The summed E-state index contributed by atoms with van der Waals surface area (Å²) in [6.07, 6.45) is 1.54. The number of aromatic amines is 1. The van der Waals surface area contributed by atoms with Gasteiger partial charge in [-0.25, -0.2) is 4.68 Å². The quantitative estimate of drug-likeness (QED) is 0.650. The molecule has 1 aromatic carbocycles. The molecule has 1 fully saturated rings. The van der Waals surface area contributed by atoms with Crippen LogP contribution in [0.2, 0.25) is 10.0 Å². The van der Waals surface area contributed by atoms with Gasteiger partial charge in [-0.15, -0.1) is 0 Å². The number of aromatic nitrogens is 4. The van der Waals surface area contributed by atoms with Crippen LogP contribution in [0.5, 0.6) is 0 Å². The van der Waals surface area contributed by atoms with Crippen LogP contribution in [0.25, 0.3) is 11.0 Å². The number of amides is 1. The summed E-state index contributed by atoms with van der Waals surface area (Å²) in [5.41, 5.74) is 0.404. The fraction of sp³-hybridized carbons (Fsp3) is 0.400. The van der Waals surface area contributed by atoms with E-state index in [2.05, 4.69) is 15.1 Å². The lowest BCUT2D eigenvalue weighted by Gasteiger charge is -2.35. The number of nitrogens with zero attached hydrogens (tertiary/aromatic N) is 5. The van der Waals surface area contributed by atoms with E-state index in [0.29, 0.717) is 53.7 Å². The van der Waals surface area contributed by atoms with Gasteiger partial charge in [0.05, 0.1) is 27.3 Å². The Balaban J connectivity index is 1.56. The van der Waals surface area contributed by atoms with Crippen molar-refractivity contribution < 1.29 is 4.79 Å². The lowest BCUT2D eigenvalue weighted by molar-refractivity contribution is 0.0746. The summed E-state index contributed by atoms with van der Waals surface area (Å²) in [5.74, 6) is 0.316. The van der Waals surface area contributed by atoms with E-state index in [1.54, 1.807) is 34.0 Å². The number of nitrogens with one attached hydrogen (secondary N) is 1. The van der Waals surface area contributed by atoms with Gasteiger partial charge in [0.1, 0.15) is 5.39 Å². The number of hydrogen-bond acceptors (Lipinski definition) is 5. The fourth-order valence-electron chi connectivity index (χ4n) is 3.51. The molecule has 1 saturated heterocycles. The van der Waals surface area contributed by atoms with Gasteiger partial charge in [-0.3, -0.25) is 14.6 Å². The van der Waals surface area contributed by atoms with Crippen molar-refractivity contribution in [2.75, 3.05) is 31.1 Å². The summed E-state index contributed by atoms with van der Waals surface area (Å²) in [6, 6.07) is 5.03. The summed E-state index contributed by atoms with van der Waals surface area (Å²) in [5, 5.41) is 5.41. The molecule has 1 aliphatic heterocycles. The van der Waals surface area contributed by atoms with Crippen LogP contribution in [0.15, 0.2) is 29.2 Å². The third kappa shape index (κ3) is 3.65. The van der Waals surface area contributed by atoms with E-state index >= 15 is 0 Å². The van der Waals surface area contributed by atoms with Gasteiger partial charge in [-0.1, -0.05) is 29.3 Å². The molecule has 0 spiro atoms. The zero-order chi connectivity index (χ0) is 21.6. The van der Waals surface area contributed by atoms with Crippen LogP contribution in [0.3, 0.4) is 0 Å². The number of anilines is 1. The monoisotopic (exact) mass is 448 g/mol. The second-order valence-corrected chi connectivity index (χ2v) is 9.02. The molecule has 10 heteroatoms. The van der Waals surface area contributed by atoms with Crippen molar-refractivity contribution in [2.45, 2.75) is 26.3 Å². The highest BCUT2D eigenvalue weighted by Crippen LogP contribution is 2.27. The zero-order valence-electron chi connectivity index (χ0n) is 16.9. The summed E-state index contributed by atoms with van der Waals surface area (Å²) >= 11 is 12.2. The molecule has 4 rings (SSSR count). The van der Waals surface area contributed by atoms with Crippen LogP contribution < -0.4 is 10.5 Å². The number of fused-ring (bicyclic) bond motifs is 1. The summed E-state index contributed by atoms with van der Waals surface area (Å²) in [4.78, 5) is 36.6. The number of rotatable bonds is 2. The van der Waals surface area contributed by atoms with Gasteiger partial charge in [0.15, 0.2) is 5.65 Å². The molecule has 1 aliphatic rings. The van der Waals surface area contributed by atoms with Gasteiger partial charge in [0, 0.05) is 26.2 Å². The first-order chi connectivity index (χ1) is 14.2. The number of carbonyl (C=O) groups excluding carboxylic acids is 1. The minimum atomic E-state index is -0.304. The Morgan fingerprint density at radius 1 is 1.13 bits per heavy atom. The molecule has 1 N–H and O–H groups in total. The fourth-order valence-corrected chi connectivity index (χ4v) is 3.89. The van der Waals surface area contributed by atoms with Crippen molar-refractivity contribution in [2.24, 2.45) is 0 Å². The molecule has 0 unspecified atom stereocenters. The average Bonchev–Trinajstić information content (AvgIpc) is 3.15. The first-order valence-corrected chi connectivity index (χ1v) is 10.4. The minimum Gasteiger partial charge on any atom is -0.339 e. The van der Waals surface area contributed by atoms with Gasteiger partial charge >= 0.3 is 0 Å². The van der Waals surface area contributed by atoms with Gasteiger partial charge in [0.25, 0.3) is 11.5 Å². The van der Waals surface area contributed by atoms with Crippen molar-refractivity contribution in [1.82, 2.24) is 24.6 Å². The van der Waals surface area contributed by atoms with Crippen molar-refractivity contribution in [3.05, 3.63) is 50.4 Å². The Bertz CT molecular complexity index is 1170. The number of hydrogen-bond donors (Lipinski definition) is 1. The molecule has 158 valence electrons. The number of H-pyrrole nitrogens is 1. The smallest absolute Gasteiger partial charge is 0.263 e. The van der Waals surface area contributed by atoms with Crippen LogP contribution in [0.4, 0.5) is 5.95 Å². The lowest BCUT2D eigenvalue weighted by atomic mass is 10.1. The minimum absolute atomic E-state index is 0.162. The van der Waals surface area contributed by atoms with Crippen molar-refractivity contribution in [3.63, 3.8) is 0 Å². The summed E-state index contributed by atoms with van der Waals surface area (Å²) in [6.45, 7) is 8.03. The van der Waals surface area contributed by atoms with Gasteiger partial charge < -0.3 is 9.80 Å². The maximum atomic E-state index is 12.8. The molecule has 0 saturated carbocycles. The molecule has 2 aromatic heterocycles. The van der Waals surface area contributed by atoms with Crippen LogP contribution in [-0.2, 0) is 5.54 Å². The Labute approximate surface area is 183 Å². The van der Waals surface area contributed by atoms with Gasteiger partial charge in [0.2, 0.25) is 5.95 Å². The SMILES string of the molecule is CC(C)(C)n1ncc2c(=O)[nH]c(N3CCN(C(=O)c4cccc(Cl)c4Cl)CC3)nc21. The van der Waals surface area contributed by atoms with E-state index in [1.807, 2.05) is 25.7 Å². The van der Waals surface area contributed by atoms with Crippen molar-refractivity contribution >= 4 is 46.1 Å². The van der Waals surface area contributed by atoms with Crippen LogP contribution in [-0.4, -0.2) is 56.7 Å². The zero-order valence-corrected chi connectivity index (χ0v) is 18.5. The van der Waals surface area contributed by atoms with E-state index in [0.717, 1.165) is 0 Å². The van der Waals surface area contributed by atoms with E-state index in [4.69, 9.17) is 23.2 Å². The Kier molecular flexibility index (Phi) is 5.23. The molecule has 30 heavy (non-hydrogen) atoms. The molecule has 0 aliphatic carbocycles. The van der Waals surface area contributed by atoms with E-state index in [9.17, 15) is 9.59 Å². The predicted molar refractivity (Wildman–Crippen MR) is 118 cm³/mol. The van der Waals surface area contributed by atoms with Crippen molar-refractivity contribution in [1.29, 1.82) is 0 Å². The van der Waals surface area contributed by atoms with Gasteiger partial charge in [-0.2, -0.15) is 10.1 Å². The summed E-state index contributed by atoms with van der Waals surface area (Å²) in [7, 11) is 0. The van der Waals surface area contributed by atoms with Gasteiger partial charge in [-0.05, 0) is 32.9 Å². The number of piperazine rings is 1. The third-order valence-electron chi connectivity index (χ3n) is 5.11. The molecule has 0 atom stereocenters. The molecule has 3 aromatic rings. The molecular weight excluding hydrogens is 427 g/mol.